The van der Waals surface area contributed by atoms with E-state index in [2.05, 4.69) is 27.5 Å². The molecule has 0 aliphatic carbocycles. The van der Waals surface area contributed by atoms with Crippen molar-refractivity contribution < 1.29 is 9.53 Å². The molecule has 150 valence electrons. The Morgan fingerprint density at radius 3 is 2.61 bits per heavy atom. The minimum Gasteiger partial charge on any atom is -0.497 e. The molecule has 0 aliphatic heterocycles. The van der Waals surface area contributed by atoms with Crippen molar-refractivity contribution in [1.29, 1.82) is 0 Å². The van der Waals surface area contributed by atoms with Gasteiger partial charge in [-0.1, -0.05) is 23.5 Å². The molecule has 5 nitrogen and oxygen atoms in total. The van der Waals surface area contributed by atoms with Crippen molar-refractivity contribution in [3.05, 3.63) is 51.6 Å². The highest BCUT2D eigenvalue weighted by atomic mass is 127. The number of anilines is 1. The molecule has 1 heterocycles. The van der Waals surface area contributed by atoms with Crippen molar-refractivity contribution in [2.75, 3.05) is 39.2 Å². The highest BCUT2D eigenvalue weighted by molar-refractivity contribution is 14.1. The van der Waals surface area contributed by atoms with Crippen LogP contribution in [0, 0.1) is 3.57 Å². The van der Waals surface area contributed by atoms with Crippen LogP contribution in [0.25, 0.3) is 10.2 Å². The van der Waals surface area contributed by atoms with Crippen LogP contribution in [0.4, 0.5) is 5.13 Å². The summed E-state index contributed by atoms with van der Waals surface area (Å²) in [7, 11) is 5.73. The predicted molar refractivity (Wildman–Crippen MR) is 127 cm³/mol. The highest BCUT2D eigenvalue weighted by Crippen LogP contribution is 2.32. The first-order valence-electron chi connectivity index (χ1n) is 8.65. The number of hydrogen-bond acceptors (Lipinski definition) is 5. The molecule has 0 atom stereocenters. The number of carbonyl (C=O) groups is 1. The second kappa shape index (κ2) is 10.4. The molecule has 0 saturated heterocycles. The first-order chi connectivity index (χ1) is 13.0. The van der Waals surface area contributed by atoms with E-state index in [1.807, 2.05) is 56.6 Å². The van der Waals surface area contributed by atoms with E-state index < -0.39 is 0 Å². The summed E-state index contributed by atoms with van der Waals surface area (Å²) in [6.07, 6.45) is 0.876. The number of amides is 1. The fraction of sp³-hybridized carbons (Fsp3) is 0.300. The standard InChI is InChI=1S/C20H22IN3O2S.ClH/c1-23(2)11-6-12-24(19(25)15-7-4-5-8-16(15)21)20-22-17-10-9-14(26-3)13-18(17)27-20;/h4-5,7-10,13H,6,11-12H2,1-3H3;1H. The van der Waals surface area contributed by atoms with Crippen molar-refractivity contribution in [1.82, 2.24) is 9.88 Å². The zero-order chi connectivity index (χ0) is 19.4. The molecule has 0 bridgehead atoms. The third-order valence-electron chi connectivity index (χ3n) is 4.15. The summed E-state index contributed by atoms with van der Waals surface area (Å²) >= 11 is 3.73. The van der Waals surface area contributed by atoms with E-state index in [1.165, 1.54) is 11.3 Å². The Kier molecular flexibility index (Phi) is 8.48. The molecule has 0 spiro atoms. The Morgan fingerprint density at radius 2 is 1.93 bits per heavy atom. The number of methoxy groups -OCH3 is 1. The molecule has 2 aromatic carbocycles. The van der Waals surface area contributed by atoms with Crippen LogP contribution in [0.15, 0.2) is 42.5 Å². The molecule has 1 aromatic heterocycles. The van der Waals surface area contributed by atoms with Gasteiger partial charge in [0.15, 0.2) is 5.13 Å². The summed E-state index contributed by atoms with van der Waals surface area (Å²) in [5.74, 6) is 0.783. The number of rotatable bonds is 7. The SMILES string of the molecule is COc1ccc2nc(N(CCCN(C)C)C(=O)c3ccccc3I)sc2c1.Cl. The maximum absolute atomic E-state index is 13.3. The van der Waals surface area contributed by atoms with Crippen molar-refractivity contribution in [2.24, 2.45) is 0 Å². The summed E-state index contributed by atoms with van der Waals surface area (Å²) < 4.78 is 7.26. The fourth-order valence-corrected chi connectivity index (χ4v) is 4.38. The van der Waals surface area contributed by atoms with Crippen LogP contribution < -0.4 is 9.64 Å². The number of carbonyl (C=O) groups excluding carboxylic acids is 1. The summed E-state index contributed by atoms with van der Waals surface area (Å²) in [4.78, 5) is 21.9. The van der Waals surface area contributed by atoms with E-state index in [4.69, 9.17) is 9.72 Å². The number of benzene rings is 2. The van der Waals surface area contributed by atoms with E-state index in [0.717, 1.165) is 37.6 Å². The molecule has 8 heteroatoms. The maximum Gasteiger partial charge on any atom is 0.261 e. The van der Waals surface area contributed by atoms with E-state index >= 15 is 0 Å². The molecule has 0 unspecified atom stereocenters. The van der Waals surface area contributed by atoms with Crippen LogP contribution in [0.1, 0.15) is 16.8 Å². The predicted octanol–water partition coefficient (Wildman–Crippen LogP) is 4.93. The number of ether oxygens (including phenoxy) is 1. The topological polar surface area (TPSA) is 45.7 Å². The van der Waals surface area contributed by atoms with Gasteiger partial charge in [0.2, 0.25) is 0 Å². The molecule has 0 saturated carbocycles. The second-order valence-electron chi connectivity index (χ2n) is 6.42. The van der Waals surface area contributed by atoms with Gasteiger partial charge in [0, 0.05) is 10.1 Å². The molecule has 3 aromatic rings. The molecule has 3 rings (SSSR count). The Bertz CT molecular complexity index is 948. The van der Waals surface area contributed by atoms with Crippen LogP contribution in [0.5, 0.6) is 5.75 Å². The summed E-state index contributed by atoms with van der Waals surface area (Å²) in [5.41, 5.74) is 1.59. The van der Waals surface area contributed by atoms with Gasteiger partial charge in [-0.25, -0.2) is 4.98 Å². The normalized spacial score (nSPS) is 10.8. The second-order valence-corrected chi connectivity index (χ2v) is 8.59. The zero-order valence-corrected chi connectivity index (χ0v) is 19.8. The van der Waals surface area contributed by atoms with E-state index in [-0.39, 0.29) is 18.3 Å². The van der Waals surface area contributed by atoms with E-state index in [1.54, 1.807) is 12.0 Å². The van der Waals surface area contributed by atoms with Gasteiger partial charge < -0.3 is 9.64 Å². The number of halogens is 2. The number of fused-ring (bicyclic) bond motifs is 1. The van der Waals surface area contributed by atoms with Crippen LogP contribution in [-0.4, -0.2) is 50.1 Å². The van der Waals surface area contributed by atoms with Gasteiger partial charge in [0.05, 0.1) is 22.9 Å². The molecule has 1 amide bonds. The number of hydrogen-bond donors (Lipinski definition) is 0. The minimum absolute atomic E-state index is 0. The van der Waals surface area contributed by atoms with Crippen molar-refractivity contribution in [3.8, 4) is 5.75 Å². The Balaban J connectivity index is 0.00000280. The quantitative estimate of drug-likeness (QED) is 0.406. The van der Waals surface area contributed by atoms with Crippen LogP contribution >= 0.6 is 46.3 Å². The van der Waals surface area contributed by atoms with Crippen LogP contribution in [0.2, 0.25) is 0 Å². The molecule has 0 radical (unpaired) electrons. The van der Waals surface area contributed by atoms with E-state index in [9.17, 15) is 4.79 Å². The lowest BCUT2D eigenvalue weighted by molar-refractivity contribution is 0.0985. The third kappa shape index (κ3) is 5.34. The van der Waals surface area contributed by atoms with Crippen LogP contribution in [-0.2, 0) is 0 Å². The Morgan fingerprint density at radius 1 is 1.18 bits per heavy atom. The summed E-state index contributed by atoms with van der Waals surface area (Å²) in [6.45, 7) is 1.54. The first kappa shape index (κ1) is 22.9. The van der Waals surface area contributed by atoms with Gasteiger partial charge in [-0.3, -0.25) is 9.69 Å². The lowest BCUT2D eigenvalue weighted by Crippen LogP contribution is -2.33. The number of aromatic nitrogens is 1. The molecular formula is C20H23ClIN3O2S. The number of thiazole rings is 1. The average molecular weight is 532 g/mol. The minimum atomic E-state index is -0.00947. The van der Waals surface area contributed by atoms with Gasteiger partial charge in [-0.2, -0.15) is 0 Å². The number of nitrogens with zero attached hydrogens (tertiary/aromatic N) is 3. The van der Waals surface area contributed by atoms with Crippen LogP contribution in [0.3, 0.4) is 0 Å². The Hall–Kier alpha value is -1.42. The molecule has 0 N–H and O–H groups in total. The Labute approximate surface area is 189 Å². The van der Waals surface area contributed by atoms with Gasteiger partial charge >= 0.3 is 0 Å². The highest BCUT2D eigenvalue weighted by Gasteiger charge is 2.22. The fourth-order valence-electron chi connectivity index (χ4n) is 2.74. The monoisotopic (exact) mass is 531 g/mol. The summed E-state index contributed by atoms with van der Waals surface area (Å²) in [6, 6.07) is 13.5. The molecular weight excluding hydrogens is 509 g/mol. The average Bonchev–Trinajstić information content (AvgIpc) is 3.07. The maximum atomic E-state index is 13.3. The third-order valence-corrected chi connectivity index (χ3v) is 6.13. The summed E-state index contributed by atoms with van der Waals surface area (Å²) in [5, 5.41) is 0.724. The lowest BCUT2D eigenvalue weighted by Gasteiger charge is -2.21. The van der Waals surface area contributed by atoms with E-state index in [0.29, 0.717) is 12.1 Å². The van der Waals surface area contributed by atoms with Crippen molar-refractivity contribution in [2.45, 2.75) is 6.42 Å². The van der Waals surface area contributed by atoms with Gasteiger partial charge in [-0.05, 0) is 80.0 Å². The van der Waals surface area contributed by atoms with Gasteiger partial charge in [0.25, 0.3) is 5.91 Å². The first-order valence-corrected chi connectivity index (χ1v) is 10.5. The molecule has 28 heavy (non-hydrogen) atoms. The molecule has 0 aliphatic rings. The van der Waals surface area contributed by atoms with Crippen molar-refractivity contribution in [3.63, 3.8) is 0 Å². The smallest absolute Gasteiger partial charge is 0.261 e. The van der Waals surface area contributed by atoms with Gasteiger partial charge in [-0.15, -0.1) is 12.4 Å². The van der Waals surface area contributed by atoms with Crippen molar-refractivity contribution >= 4 is 67.6 Å². The largest absolute Gasteiger partial charge is 0.497 e. The van der Waals surface area contributed by atoms with Gasteiger partial charge in [0.1, 0.15) is 5.75 Å². The lowest BCUT2D eigenvalue weighted by atomic mass is 10.2. The molecule has 0 fully saturated rings. The zero-order valence-electron chi connectivity index (χ0n) is 16.0.